The normalized spacial score (nSPS) is 23.4. The molecule has 2 saturated carbocycles. The number of methoxy groups -OCH3 is 1. The standard InChI is InChI=1S/C41H56FN5O4S/c1-3-39-43-20-23-46(39)29-41(33-9-7-10-34(42)24-33,38-13-6-8-31(38)25-44-40(48)51-2)32-18-21-45(22-19-32)26-30-27-47(28-30)35-14-16-37(17-15-35)52(49,50)36-11-4-5-12-36/h7,9-10,14-17,20,23-24,30-32,36,38H,3-6,8,11-13,18-19,21-22,25-29H2,1-2H3,(H,44,48)/t31-,38+,41+/m1/s1. The highest BCUT2D eigenvalue weighted by Crippen LogP contribution is 2.53. The number of amides is 1. The lowest BCUT2D eigenvalue weighted by Gasteiger charge is -2.52. The van der Waals surface area contributed by atoms with Crippen LogP contribution >= 0.6 is 0 Å². The SMILES string of the molecule is CCc1nccn1C[C@@](c1cccc(F)c1)(C1CCN(CC2CN(c3ccc(S(=O)(=O)C4CCCC4)cc3)C2)CC1)[C@H]1CCC[C@@H]1CNC(=O)OC. The van der Waals surface area contributed by atoms with Gasteiger partial charge >= 0.3 is 6.09 Å². The number of imidazole rings is 1. The van der Waals surface area contributed by atoms with Gasteiger partial charge in [0.25, 0.3) is 0 Å². The number of benzene rings is 2. The second-order valence-electron chi connectivity index (χ2n) is 15.8. The molecule has 0 bridgehead atoms. The van der Waals surface area contributed by atoms with Crippen molar-refractivity contribution in [1.82, 2.24) is 19.8 Å². The van der Waals surface area contributed by atoms with Gasteiger partial charge in [-0.2, -0.15) is 0 Å². The lowest BCUT2D eigenvalue weighted by Crippen LogP contribution is -2.55. The molecule has 9 nitrogen and oxygen atoms in total. The van der Waals surface area contributed by atoms with Crippen LogP contribution in [0.2, 0.25) is 0 Å². The third kappa shape index (κ3) is 7.49. The van der Waals surface area contributed by atoms with Crippen LogP contribution in [0, 0.1) is 29.5 Å². The Morgan fingerprint density at radius 3 is 2.44 bits per heavy atom. The molecule has 0 radical (unpaired) electrons. The molecule has 3 aromatic rings. The number of hydrogen-bond acceptors (Lipinski definition) is 7. The molecule has 4 aliphatic rings. The molecular weight excluding hydrogens is 678 g/mol. The van der Waals surface area contributed by atoms with Crippen LogP contribution in [0.5, 0.6) is 0 Å². The maximum Gasteiger partial charge on any atom is 0.406 e. The van der Waals surface area contributed by atoms with Crippen LogP contribution in [0.3, 0.4) is 0 Å². The fraction of sp³-hybridized carbons (Fsp3) is 0.610. The summed E-state index contributed by atoms with van der Waals surface area (Å²) < 4.78 is 48.5. The Morgan fingerprint density at radius 2 is 1.75 bits per heavy atom. The van der Waals surface area contributed by atoms with Crippen molar-refractivity contribution in [2.45, 2.75) is 93.2 Å². The van der Waals surface area contributed by atoms with E-state index in [0.717, 1.165) is 121 Å². The predicted molar refractivity (Wildman–Crippen MR) is 202 cm³/mol. The lowest BCUT2D eigenvalue weighted by molar-refractivity contribution is 0.0480. The fourth-order valence-electron chi connectivity index (χ4n) is 10.3. The highest BCUT2D eigenvalue weighted by atomic mass is 32.2. The van der Waals surface area contributed by atoms with E-state index in [1.807, 2.05) is 24.4 Å². The summed E-state index contributed by atoms with van der Waals surface area (Å²) in [6.45, 7) is 8.40. The number of anilines is 1. The number of carbonyl (C=O) groups excluding carboxylic acids is 1. The summed E-state index contributed by atoms with van der Waals surface area (Å²) in [5.74, 6) is 2.25. The molecule has 0 unspecified atom stereocenters. The number of likely N-dealkylation sites (tertiary alicyclic amines) is 1. The van der Waals surface area contributed by atoms with Gasteiger partial charge in [0.05, 0.1) is 17.3 Å². The van der Waals surface area contributed by atoms with Crippen molar-refractivity contribution in [3.05, 3.63) is 78.1 Å². The van der Waals surface area contributed by atoms with E-state index in [-0.39, 0.29) is 28.3 Å². The number of alkyl carbamates (subject to hydrolysis) is 1. The molecule has 1 aromatic heterocycles. The number of ether oxygens (including phenoxy) is 1. The van der Waals surface area contributed by atoms with Gasteiger partial charge in [-0.3, -0.25) is 0 Å². The van der Waals surface area contributed by atoms with E-state index in [2.05, 4.69) is 43.9 Å². The molecule has 3 heterocycles. The summed E-state index contributed by atoms with van der Waals surface area (Å²) in [4.78, 5) is 22.3. The number of carbonyl (C=O) groups is 1. The highest BCUT2D eigenvalue weighted by Gasteiger charge is 2.52. The van der Waals surface area contributed by atoms with E-state index in [1.54, 1.807) is 24.3 Å². The average molecular weight is 734 g/mol. The molecule has 7 rings (SSSR count). The number of aromatic nitrogens is 2. The van der Waals surface area contributed by atoms with Crippen LogP contribution in [0.25, 0.3) is 0 Å². The minimum atomic E-state index is -3.24. The average Bonchev–Trinajstić information content (AvgIpc) is 3.95. The first-order valence-electron chi connectivity index (χ1n) is 19.6. The summed E-state index contributed by atoms with van der Waals surface area (Å²) >= 11 is 0. The van der Waals surface area contributed by atoms with Gasteiger partial charge in [0.2, 0.25) is 0 Å². The summed E-state index contributed by atoms with van der Waals surface area (Å²) in [5.41, 5.74) is 1.83. The Labute approximate surface area is 309 Å². The smallest absolute Gasteiger partial charge is 0.406 e. The molecule has 2 aliphatic carbocycles. The summed E-state index contributed by atoms with van der Waals surface area (Å²) in [6.07, 6.45) is 13.1. The van der Waals surface area contributed by atoms with Gasteiger partial charge < -0.3 is 24.4 Å². The summed E-state index contributed by atoms with van der Waals surface area (Å²) in [5, 5.41) is 2.78. The van der Waals surface area contributed by atoms with Gasteiger partial charge in [0.15, 0.2) is 9.84 Å². The van der Waals surface area contributed by atoms with E-state index in [9.17, 15) is 13.2 Å². The second kappa shape index (κ2) is 15.9. The number of piperidine rings is 1. The largest absolute Gasteiger partial charge is 0.453 e. The van der Waals surface area contributed by atoms with Crippen molar-refractivity contribution in [1.29, 1.82) is 0 Å². The molecule has 2 aromatic carbocycles. The molecule has 1 amide bonds. The Hall–Kier alpha value is -3.44. The molecule has 0 spiro atoms. The first kappa shape index (κ1) is 36.9. The highest BCUT2D eigenvalue weighted by molar-refractivity contribution is 7.92. The maximum absolute atomic E-state index is 15.2. The monoisotopic (exact) mass is 733 g/mol. The number of nitrogens with zero attached hydrogens (tertiary/aromatic N) is 4. The molecule has 11 heteroatoms. The topological polar surface area (TPSA) is 96.8 Å². The zero-order valence-corrected chi connectivity index (χ0v) is 31.7. The molecule has 282 valence electrons. The maximum atomic E-state index is 15.2. The van der Waals surface area contributed by atoms with Gasteiger partial charge in [0.1, 0.15) is 11.6 Å². The van der Waals surface area contributed by atoms with Crippen LogP contribution in [0.15, 0.2) is 65.8 Å². The molecule has 1 N–H and O–H groups in total. The molecule has 3 atom stereocenters. The zero-order valence-electron chi connectivity index (χ0n) is 30.9. The Balaban J connectivity index is 1.05. The molecule has 4 fully saturated rings. The number of hydrogen-bond donors (Lipinski definition) is 1. The number of rotatable bonds is 13. The van der Waals surface area contributed by atoms with E-state index >= 15 is 4.39 Å². The third-order valence-electron chi connectivity index (χ3n) is 13.0. The Kier molecular flexibility index (Phi) is 11.3. The van der Waals surface area contributed by atoms with E-state index in [4.69, 9.17) is 4.74 Å². The fourth-order valence-corrected chi connectivity index (χ4v) is 12.2. The van der Waals surface area contributed by atoms with Gasteiger partial charge in [-0.15, -0.1) is 0 Å². The first-order valence-corrected chi connectivity index (χ1v) is 21.1. The third-order valence-corrected chi connectivity index (χ3v) is 15.3. The first-order chi connectivity index (χ1) is 25.2. The van der Waals surface area contributed by atoms with Crippen LogP contribution in [0.1, 0.15) is 76.1 Å². The van der Waals surface area contributed by atoms with Crippen LogP contribution in [-0.4, -0.2) is 80.6 Å². The predicted octanol–water partition coefficient (Wildman–Crippen LogP) is 6.86. The molecule has 2 saturated heterocycles. The summed E-state index contributed by atoms with van der Waals surface area (Å²) in [7, 11) is -1.84. The van der Waals surface area contributed by atoms with Crippen molar-refractivity contribution in [3.63, 3.8) is 0 Å². The quantitative estimate of drug-likeness (QED) is 0.205. The minimum absolute atomic E-state index is 0.206. The lowest BCUT2D eigenvalue weighted by atomic mass is 9.57. The molecular formula is C41H56FN5O4S. The van der Waals surface area contributed by atoms with Gasteiger partial charge in [-0.1, -0.05) is 38.3 Å². The minimum Gasteiger partial charge on any atom is -0.453 e. The van der Waals surface area contributed by atoms with Crippen molar-refractivity contribution < 1.29 is 22.3 Å². The zero-order chi connectivity index (χ0) is 36.3. The van der Waals surface area contributed by atoms with Gasteiger partial charge in [-0.05, 0) is 111 Å². The van der Waals surface area contributed by atoms with Crippen molar-refractivity contribution in [2.75, 3.05) is 51.3 Å². The van der Waals surface area contributed by atoms with Crippen LogP contribution < -0.4 is 10.2 Å². The van der Waals surface area contributed by atoms with Gasteiger partial charge in [-0.25, -0.2) is 22.6 Å². The van der Waals surface area contributed by atoms with Crippen LogP contribution in [-0.2, 0) is 33.0 Å². The Bertz CT molecular complexity index is 1760. The number of nitrogens with one attached hydrogen (secondary N) is 1. The summed E-state index contributed by atoms with van der Waals surface area (Å²) in [6, 6.07) is 14.9. The van der Waals surface area contributed by atoms with E-state index in [0.29, 0.717) is 23.3 Å². The molecule has 52 heavy (non-hydrogen) atoms. The number of sulfone groups is 1. The van der Waals surface area contributed by atoms with Crippen LogP contribution in [0.4, 0.5) is 14.9 Å². The number of aryl methyl sites for hydroxylation is 1. The van der Waals surface area contributed by atoms with Gasteiger partial charge in [0, 0.05) is 68.6 Å². The van der Waals surface area contributed by atoms with Crippen molar-refractivity contribution >= 4 is 21.6 Å². The second-order valence-corrected chi connectivity index (χ2v) is 18.1. The number of halogens is 1. The Morgan fingerprint density at radius 1 is 1.00 bits per heavy atom. The van der Waals surface area contributed by atoms with Crippen molar-refractivity contribution in [2.24, 2.45) is 23.7 Å². The van der Waals surface area contributed by atoms with E-state index in [1.165, 1.54) is 7.11 Å². The van der Waals surface area contributed by atoms with E-state index < -0.39 is 15.9 Å². The van der Waals surface area contributed by atoms with Crippen molar-refractivity contribution in [3.8, 4) is 0 Å². The molecule has 2 aliphatic heterocycles.